The number of nitrogens with zero attached hydrogens (tertiary/aromatic N) is 1. The van der Waals surface area contributed by atoms with E-state index in [9.17, 15) is 0 Å². The normalized spacial score (nSPS) is 10.7. The SMILES string of the molecule is CCCCCCOc1cccc(-c2cc(COc3ccccc3N)[nH]n2)c1. The van der Waals surface area contributed by atoms with E-state index in [1.807, 2.05) is 54.6 Å². The smallest absolute Gasteiger partial charge is 0.142 e. The Morgan fingerprint density at radius 3 is 2.70 bits per heavy atom. The van der Waals surface area contributed by atoms with E-state index in [0.29, 0.717) is 18.0 Å². The van der Waals surface area contributed by atoms with Gasteiger partial charge in [-0.1, -0.05) is 50.5 Å². The second-order valence-corrected chi connectivity index (χ2v) is 6.54. The van der Waals surface area contributed by atoms with Gasteiger partial charge in [0.2, 0.25) is 0 Å². The van der Waals surface area contributed by atoms with E-state index in [-0.39, 0.29) is 0 Å². The summed E-state index contributed by atoms with van der Waals surface area (Å²) >= 11 is 0. The second kappa shape index (κ2) is 9.67. The fourth-order valence-corrected chi connectivity index (χ4v) is 2.81. The molecule has 0 fully saturated rings. The zero-order valence-electron chi connectivity index (χ0n) is 15.8. The molecule has 0 spiro atoms. The number of para-hydroxylation sites is 2. The van der Waals surface area contributed by atoms with Gasteiger partial charge in [0.1, 0.15) is 18.1 Å². The molecule has 0 amide bonds. The summed E-state index contributed by atoms with van der Waals surface area (Å²) in [6.45, 7) is 3.35. The maximum absolute atomic E-state index is 5.90. The van der Waals surface area contributed by atoms with Gasteiger partial charge in [0.15, 0.2) is 0 Å². The molecule has 2 aromatic carbocycles. The number of hydrogen-bond acceptors (Lipinski definition) is 4. The van der Waals surface area contributed by atoms with Crippen LogP contribution in [-0.2, 0) is 6.61 Å². The van der Waals surface area contributed by atoms with Gasteiger partial charge in [0.25, 0.3) is 0 Å². The molecule has 3 N–H and O–H groups in total. The largest absolute Gasteiger partial charge is 0.494 e. The number of H-pyrrole nitrogens is 1. The Bertz CT molecular complexity index is 845. The van der Waals surface area contributed by atoms with E-state index >= 15 is 0 Å². The molecule has 3 aromatic rings. The van der Waals surface area contributed by atoms with E-state index in [1.54, 1.807) is 0 Å². The predicted octanol–water partition coefficient (Wildman–Crippen LogP) is 5.20. The Morgan fingerprint density at radius 1 is 0.963 bits per heavy atom. The molecule has 5 nitrogen and oxygen atoms in total. The van der Waals surface area contributed by atoms with Crippen LogP contribution in [0.1, 0.15) is 38.3 Å². The highest BCUT2D eigenvalue weighted by molar-refractivity contribution is 5.61. The number of aromatic amines is 1. The third-order valence-electron chi connectivity index (χ3n) is 4.33. The summed E-state index contributed by atoms with van der Waals surface area (Å²) in [7, 11) is 0. The summed E-state index contributed by atoms with van der Waals surface area (Å²) in [5, 5.41) is 7.41. The second-order valence-electron chi connectivity index (χ2n) is 6.54. The summed E-state index contributed by atoms with van der Waals surface area (Å²) in [5.74, 6) is 1.55. The van der Waals surface area contributed by atoms with Gasteiger partial charge < -0.3 is 15.2 Å². The molecule has 0 bridgehead atoms. The van der Waals surface area contributed by atoms with Gasteiger partial charge in [-0.15, -0.1) is 0 Å². The quantitative estimate of drug-likeness (QED) is 0.383. The van der Waals surface area contributed by atoms with E-state index in [1.165, 1.54) is 19.3 Å². The lowest BCUT2D eigenvalue weighted by Crippen LogP contribution is -1.98. The molecule has 0 aliphatic rings. The van der Waals surface area contributed by atoms with Crippen molar-refractivity contribution >= 4 is 5.69 Å². The number of unbranched alkanes of at least 4 members (excludes halogenated alkanes) is 3. The Labute approximate surface area is 160 Å². The van der Waals surface area contributed by atoms with Gasteiger partial charge in [0.05, 0.1) is 23.7 Å². The highest BCUT2D eigenvalue weighted by atomic mass is 16.5. The molecule has 0 saturated carbocycles. The molecule has 0 aliphatic heterocycles. The van der Waals surface area contributed by atoms with Crippen LogP contribution in [-0.4, -0.2) is 16.8 Å². The average Bonchev–Trinajstić information content (AvgIpc) is 3.17. The standard InChI is InChI=1S/C22H27N3O2/c1-2-3-4-7-13-26-19-10-8-9-17(14-19)21-15-18(24-25-21)16-27-22-12-6-5-11-20(22)23/h5-6,8-12,14-15H,2-4,7,13,16,23H2,1H3,(H,24,25). The van der Waals surface area contributed by atoms with E-state index in [4.69, 9.17) is 15.2 Å². The Hall–Kier alpha value is -2.95. The lowest BCUT2D eigenvalue weighted by atomic mass is 10.1. The first kappa shape index (κ1) is 18.8. The predicted molar refractivity (Wildman–Crippen MR) is 109 cm³/mol. The van der Waals surface area contributed by atoms with Crippen LogP contribution in [0.5, 0.6) is 11.5 Å². The summed E-state index contributed by atoms with van der Waals surface area (Å²) in [6.07, 6.45) is 4.79. The van der Waals surface area contributed by atoms with Crippen molar-refractivity contribution in [2.45, 2.75) is 39.2 Å². The van der Waals surface area contributed by atoms with Crippen LogP contribution in [0.3, 0.4) is 0 Å². The molecule has 0 atom stereocenters. The number of nitrogens with one attached hydrogen (secondary N) is 1. The number of hydrogen-bond donors (Lipinski definition) is 2. The minimum absolute atomic E-state index is 0.384. The van der Waals surface area contributed by atoms with Crippen molar-refractivity contribution in [2.75, 3.05) is 12.3 Å². The fraction of sp³-hybridized carbons (Fsp3) is 0.318. The first-order valence-corrected chi connectivity index (χ1v) is 9.51. The Balaban J connectivity index is 1.57. The molecule has 0 saturated heterocycles. The summed E-state index contributed by atoms with van der Waals surface area (Å²) in [5.41, 5.74) is 9.30. The topological polar surface area (TPSA) is 73.2 Å². The van der Waals surface area contributed by atoms with Gasteiger partial charge in [-0.3, -0.25) is 5.10 Å². The number of nitrogens with two attached hydrogens (primary N) is 1. The van der Waals surface area contributed by atoms with E-state index in [0.717, 1.165) is 35.7 Å². The lowest BCUT2D eigenvalue weighted by Gasteiger charge is -2.07. The van der Waals surface area contributed by atoms with Gasteiger partial charge >= 0.3 is 0 Å². The van der Waals surface area contributed by atoms with Crippen molar-refractivity contribution in [1.29, 1.82) is 0 Å². The number of aromatic nitrogens is 2. The minimum atomic E-state index is 0.384. The van der Waals surface area contributed by atoms with Crippen molar-refractivity contribution in [1.82, 2.24) is 10.2 Å². The highest BCUT2D eigenvalue weighted by Gasteiger charge is 2.07. The van der Waals surface area contributed by atoms with E-state index in [2.05, 4.69) is 17.1 Å². The molecule has 1 heterocycles. The molecule has 1 aromatic heterocycles. The maximum Gasteiger partial charge on any atom is 0.142 e. The minimum Gasteiger partial charge on any atom is -0.494 e. The third-order valence-corrected chi connectivity index (χ3v) is 4.33. The van der Waals surface area contributed by atoms with Crippen LogP contribution in [0.15, 0.2) is 54.6 Å². The summed E-state index contributed by atoms with van der Waals surface area (Å²) < 4.78 is 11.6. The van der Waals surface area contributed by atoms with Crippen molar-refractivity contribution in [2.24, 2.45) is 0 Å². The number of anilines is 1. The van der Waals surface area contributed by atoms with Crippen molar-refractivity contribution < 1.29 is 9.47 Å². The van der Waals surface area contributed by atoms with Crippen LogP contribution in [0.2, 0.25) is 0 Å². The van der Waals surface area contributed by atoms with Crippen LogP contribution < -0.4 is 15.2 Å². The summed E-state index contributed by atoms with van der Waals surface area (Å²) in [6, 6.07) is 17.5. The van der Waals surface area contributed by atoms with Crippen molar-refractivity contribution in [3.8, 4) is 22.8 Å². The Morgan fingerprint density at radius 2 is 1.85 bits per heavy atom. The Kier molecular flexibility index (Phi) is 6.74. The number of rotatable bonds is 10. The van der Waals surface area contributed by atoms with Gasteiger partial charge in [0, 0.05) is 5.56 Å². The molecule has 3 rings (SSSR count). The number of nitrogen functional groups attached to an aromatic ring is 1. The monoisotopic (exact) mass is 365 g/mol. The zero-order chi connectivity index (χ0) is 18.9. The molecule has 0 aliphatic carbocycles. The fourth-order valence-electron chi connectivity index (χ4n) is 2.81. The average molecular weight is 365 g/mol. The summed E-state index contributed by atoms with van der Waals surface area (Å²) in [4.78, 5) is 0. The van der Waals surface area contributed by atoms with Gasteiger partial charge in [-0.05, 0) is 36.8 Å². The maximum atomic E-state index is 5.90. The molecule has 0 radical (unpaired) electrons. The first-order chi connectivity index (χ1) is 13.3. The molecular weight excluding hydrogens is 338 g/mol. The first-order valence-electron chi connectivity index (χ1n) is 9.51. The van der Waals surface area contributed by atoms with Crippen molar-refractivity contribution in [3.05, 3.63) is 60.3 Å². The van der Waals surface area contributed by atoms with Crippen LogP contribution >= 0.6 is 0 Å². The van der Waals surface area contributed by atoms with Gasteiger partial charge in [-0.2, -0.15) is 5.10 Å². The third kappa shape index (κ3) is 5.51. The van der Waals surface area contributed by atoms with E-state index < -0.39 is 0 Å². The van der Waals surface area contributed by atoms with Crippen LogP contribution in [0.25, 0.3) is 11.3 Å². The molecule has 5 heteroatoms. The molecule has 27 heavy (non-hydrogen) atoms. The lowest BCUT2D eigenvalue weighted by molar-refractivity contribution is 0.303. The van der Waals surface area contributed by atoms with Crippen LogP contribution in [0.4, 0.5) is 5.69 Å². The highest BCUT2D eigenvalue weighted by Crippen LogP contribution is 2.24. The number of ether oxygens (including phenoxy) is 2. The van der Waals surface area contributed by atoms with Gasteiger partial charge in [-0.25, -0.2) is 0 Å². The van der Waals surface area contributed by atoms with Crippen LogP contribution in [0, 0.1) is 0 Å². The zero-order valence-corrected chi connectivity index (χ0v) is 15.8. The number of benzene rings is 2. The molecule has 0 unspecified atom stereocenters. The molecular formula is C22H27N3O2. The van der Waals surface area contributed by atoms with Crippen molar-refractivity contribution in [3.63, 3.8) is 0 Å². The molecule has 142 valence electrons.